The van der Waals surface area contributed by atoms with Crippen LogP contribution < -0.4 is 5.32 Å². The maximum atomic E-state index is 13.7. The molecule has 0 fully saturated rings. The van der Waals surface area contributed by atoms with E-state index in [-0.39, 0.29) is 40.3 Å². The molecule has 1 unspecified atom stereocenters. The van der Waals surface area contributed by atoms with Crippen molar-refractivity contribution in [1.82, 2.24) is 10.2 Å². The third-order valence-corrected chi connectivity index (χ3v) is 6.55. The Morgan fingerprint density at radius 1 is 0.949 bits per heavy atom. The molecule has 1 N–H and O–H groups in total. The van der Waals surface area contributed by atoms with Gasteiger partial charge in [-0.05, 0) is 42.4 Å². The Morgan fingerprint density at radius 3 is 2.05 bits per heavy atom. The van der Waals surface area contributed by atoms with E-state index in [0.29, 0.717) is 12.1 Å². The molecule has 2 aromatic rings. The first-order chi connectivity index (χ1) is 17.8. The number of amides is 1. The molecule has 1 atom stereocenters. The van der Waals surface area contributed by atoms with Crippen LogP contribution in [0.4, 0.5) is 39.5 Å². The minimum absolute atomic E-state index is 0.0679. The van der Waals surface area contributed by atoms with Crippen molar-refractivity contribution in [2.45, 2.75) is 30.9 Å². The quantitative estimate of drug-likeness (QED) is 0.223. The Hall–Kier alpha value is -2.15. The van der Waals surface area contributed by atoms with Crippen LogP contribution in [0.5, 0.6) is 0 Å². The van der Waals surface area contributed by atoms with Crippen molar-refractivity contribution in [3.63, 3.8) is 0 Å². The van der Waals surface area contributed by atoms with Gasteiger partial charge in [0.05, 0.1) is 38.5 Å². The third-order valence-electron chi connectivity index (χ3n) is 5.35. The van der Waals surface area contributed by atoms with Crippen LogP contribution in [0.2, 0.25) is 15.1 Å². The van der Waals surface area contributed by atoms with Crippen molar-refractivity contribution < 1.29 is 44.3 Å². The first-order valence-corrected chi connectivity index (χ1v) is 12.1. The number of hydrogen-bond acceptors (Lipinski definition) is 2. The van der Waals surface area contributed by atoms with E-state index in [1.165, 1.54) is 11.9 Å². The molecular weight excluding hydrogens is 610 g/mol. The number of rotatable bonds is 9. The summed E-state index contributed by atoms with van der Waals surface area (Å²) in [6.45, 7) is -0.686. The van der Waals surface area contributed by atoms with Crippen molar-refractivity contribution in [2.24, 2.45) is 0 Å². The van der Waals surface area contributed by atoms with Gasteiger partial charge in [0.1, 0.15) is 0 Å². The monoisotopic (exact) mass is 628 g/mol. The number of nitrogens with one attached hydrogen (secondary N) is 1. The molecule has 2 aromatic carbocycles. The summed E-state index contributed by atoms with van der Waals surface area (Å²) in [6, 6.07) is 4.20. The topological polar surface area (TPSA) is 32.3 Å². The number of hydrogen-bond donors (Lipinski definition) is 1. The first kappa shape index (κ1) is 33.1. The first-order valence-electron chi connectivity index (χ1n) is 10.9. The molecule has 0 spiro atoms. The molecule has 0 aliphatic heterocycles. The molecule has 1 amide bonds. The van der Waals surface area contributed by atoms with Crippen LogP contribution in [0.1, 0.15) is 39.4 Å². The van der Waals surface area contributed by atoms with E-state index in [4.69, 9.17) is 34.8 Å². The zero-order valence-electron chi connectivity index (χ0n) is 19.8. The van der Waals surface area contributed by atoms with Gasteiger partial charge in [0.15, 0.2) is 0 Å². The third kappa shape index (κ3) is 10.1. The number of nitrogens with zero attached hydrogens (tertiary/aromatic N) is 1. The highest BCUT2D eigenvalue weighted by atomic mass is 35.5. The maximum absolute atomic E-state index is 13.7. The summed E-state index contributed by atoms with van der Waals surface area (Å²) in [5.41, 5.74) is -2.90. The van der Waals surface area contributed by atoms with Gasteiger partial charge in [-0.2, -0.15) is 39.5 Å². The Kier molecular flexibility index (Phi) is 11.0. The number of carbonyl (C=O) groups is 1. The smallest absolute Gasteiger partial charge is 0.351 e. The van der Waals surface area contributed by atoms with Crippen LogP contribution in [0, 0.1) is 0 Å². The lowest BCUT2D eigenvalue weighted by molar-refractivity contribution is -0.140. The minimum Gasteiger partial charge on any atom is -0.351 e. The van der Waals surface area contributed by atoms with Gasteiger partial charge in [-0.15, -0.1) is 0 Å². The predicted octanol–water partition coefficient (Wildman–Crippen LogP) is 8.64. The van der Waals surface area contributed by atoms with Gasteiger partial charge >= 0.3 is 18.5 Å². The zero-order chi connectivity index (χ0) is 29.8. The molecule has 2 rings (SSSR count). The molecule has 15 heteroatoms. The van der Waals surface area contributed by atoms with Gasteiger partial charge in [0, 0.05) is 19.6 Å². The SMILES string of the molecule is CN(CCNC(=O)c1ccc(/C=C/C(c2cc(Cl)c(Cl)c(Cl)c2)C(F)(F)F)cc1C(F)(F)F)CCC(F)(F)F. The maximum Gasteiger partial charge on any atom is 0.417 e. The normalized spacial score (nSPS) is 13.8. The molecule has 0 bridgehead atoms. The average molecular weight is 630 g/mol. The van der Waals surface area contributed by atoms with E-state index in [9.17, 15) is 44.3 Å². The van der Waals surface area contributed by atoms with E-state index < -0.39 is 53.5 Å². The average Bonchev–Trinajstić information content (AvgIpc) is 2.79. The number of likely N-dealkylation sites (N-methyl/N-ethyl adjacent to an activating group) is 1. The van der Waals surface area contributed by atoms with Crippen LogP contribution in [-0.4, -0.2) is 49.8 Å². The number of allylic oxidation sites excluding steroid dienone is 1. The summed E-state index contributed by atoms with van der Waals surface area (Å²) in [6.07, 6.45) is -14.0. The molecule has 0 saturated heterocycles. The van der Waals surface area contributed by atoms with Crippen LogP contribution in [0.3, 0.4) is 0 Å². The summed E-state index contributed by atoms with van der Waals surface area (Å²) in [7, 11) is 1.35. The Morgan fingerprint density at radius 2 is 1.54 bits per heavy atom. The largest absolute Gasteiger partial charge is 0.417 e. The second-order valence-electron chi connectivity index (χ2n) is 8.40. The molecule has 39 heavy (non-hydrogen) atoms. The number of carbonyl (C=O) groups excluding carboxylic acids is 1. The standard InChI is InChI=1S/C24H20Cl3F9N2O/c1-38(8-6-22(28,29)30)9-7-37-21(39)15-4-2-13(10-17(15)24(34,35)36)3-5-16(23(31,32)33)14-11-18(25)20(27)19(26)12-14/h2-5,10-12,16H,6-9H2,1H3,(H,37,39)/b5-3+. The second-order valence-corrected chi connectivity index (χ2v) is 9.60. The molecule has 0 radical (unpaired) electrons. The van der Waals surface area contributed by atoms with Crippen LogP contribution in [0.25, 0.3) is 6.08 Å². The fourth-order valence-corrected chi connectivity index (χ4v) is 3.97. The summed E-state index contributed by atoms with van der Waals surface area (Å²) in [5.74, 6) is -3.45. The van der Waals surface area contributed by atoms with Gasteiger partial charge in [0.25, 0.3) is 5.91 Å². The van der Waals surface area contributed by atoms with Crippen LogP contribution in [-0.2, 0) is 6.18 Å². The highest BCUT2D eigenvalue weighted by Gasteiger charge is 2.40. The lowest BCUT2D eigenvalue weighted by Gasteiger charge is -2.19. The van der Waals surface area contributed by atoms with Crippen LogP contribution in [0.15, 0.2) is 36.4 Å². The van der Waals surface area contributed by atoms with E-state index in [0.717, 1.165) is 30.3 Å². The van der Waals surface area contributed by atoms with Gasteiger partial charge in [-0.3, -0.25) is 4.79 Å². The molecule has 0 aliphatic carbocycles. The van der Waals surface area contributed by atoms with Crippen molar-refractivity contribution in [2.75, 3.05) is 26.7 Å². The van der Waals surface area contributed by atoms with E-state index in [2.05, 4.69) is 5.32 Å². The second kappa shape index (κ2) is 13.0. The van der Waals surface area contributed by atoms with Crippen molar-refractivity contribution in [3.05, 3.63) is 73.7 Å². The van der Waals surface area contributed by atoms with Gasteiger partial charge in [-0.1, -0.05) is 53.0 Å². The summed E-state index contributed by atoms with van der Waals surface area (Å²) >= 11 is 17.4. The lowest BCUT2D eigenvalue weighted by atomic mass is 9.96. The molecule has 216 valence electrons. The fourth-order valence-electron chi connectivity index (χ4n) is 3.35. The van der Waals surface area contributed by atoms with E-state index in [1.54, 1.807) is 0 Å². The van der Waals surface area contributed by atoms with Crippen molar-refractivity contribution in [1.29, 1.82) is 0 Å². The number of alkyl halides is 9. The summed E-state index contributed by atoms with van der Waals surface area (Å²) < 4.78 is 119. The minimum atomic E-state index is -5.04. The van der Waals surface area contributed by atoms with E-state index >= 15 is 0 Å². The van der Waals surface area contributed by atoms with Gasteiger partial charge in [0.2, 0.25) is 0 Å². The highest BCUT2D eigenvalue weighted by Crippen LogP contribution is 2.41. The summed E-state index contributed by atoms with van der Waals surface area (Å²) in [4.78, 5) is 13.6. The van der Waals surface area contributed by atoms with E-state index in [1.807, 2.05) is 0 Å². The Balaban J connectivity index is 2.26. The molecule has 0 aromatic heterocycles. The van der Waals surface area contributed by atoms with Crippen molar-refractivity contribution >= 4 is 46.8 Å². The molecule has 0 saturated carbocycles. The Bertz CT molecular complexity index is 1170. The van der Waals surface area contributed by atoms with Gasteiger partial charge < -0.3 is 10.2 Å². The molecule has 3 nitrogen and oxygen atoms in total. The number of benzene rings is 2. The van der Waals surface area contributed by atoms with Gasteiger partial charge in [-0.25, -0.2) is 0 Å². The number of halogens is 12. The highest BCUT2D eigenvalue weighted by molar-refractivity contribution is 6.48. The summed E-state index contributed by atoms with van der Waals surface area (Å²) in [5, 5.41) is 1.54. The van der Waals surface area contributed by atoms with Crippen molar-refractivity contribution in [3.8, 4) is 0 Å². The zero-order valence-corrected chi connectivity index (χ0v) is 22.1. The molecule has 0 aliphatic rings. The predicted molar refractivity (Wildman–Crippen MR) is 131 cm³/mol. The lowest BCUT2D eigenvalue weighted by Crippen LogP contribution is -2.35. The fraction of sp³-hybridized carbons (Fsp3) is 0.375. The van der Waals surface area contributed by atoms with Crippen LogP contribution >= 0.6 is 34.8 Å². The molecule has 0 heterocycles. The Labute approximate surface area is 232 Å². The molecular formula is C24H20Cl3F9N2O.